The molecule has 0 N–H and O–H groups in total. The summed E-state index contributed by atoms with van der Waals surface area (Å²) in [7, 11) is 0. The third kappa shape index (κ3) is 5.13. The number of amides is 1. The van der Waals surface area contributed by atoms with Gasteiger partial charge in [-0.05, 0) is 58.0 Å². The maximum absolute atomic E-state index is 14.5. The van der Waals surface area contributed by atoms with Gasteiger partial charge in [-0.25, -0.2) is 9.37 Å². The van der Waals surface area contributed by atoms with Crippen LogP contribution in [0.25, 0.3) is 0 Å². The highest BCUT2D eigenvalue weighted by molar-refractivity contribution is 7.09. The standard InChI is InChI=1S/C23H29FN4O2S/c1-16(29)19-3-4-22(21(24)13-19)27-9-11-28(12-10-27)23(30)18-5-7-26(8-6-18)14-20-15-31-17(2)25-20/h3-4,13,15,18H,5-12,14H2,1-2H3. The van der Waals surface area contributed by atoms with Gasteiger partial charge in [-0.2, -0.15) is 0 Å². The molecule has 166 valence electrons. The number of carbonyl (C=O) groups is 2. The zero-order valence-electron chi connectivity index (χ0n) is 18.1. The number of rotatable bonds is 5. The van der Waals surface area contributed by atoms with Crippen LogP contribution in [0.15, 0.2) is 23.6 Å². The van der Waals surface area contributed by atoms with Crippen LogP contribution in [0.2, 0.25) is 0 Å². The number of carbonyl (C=O) groups excluding carboxylic acids is 2. The highest BCUT2D eigenvalue weighted by Crippen LogP contribution is 2.25. The van der Waals surface area contributed by atoms with Crippen LogP contribution in [0.3, 0.4) is 0 Å². The molecule has 2 aromatic rings. The maximum atomic E-state index is 14.5. The molecule has 6 nitrogen and oxygen atoms in total. The van der Waals surface area contributed by atoms with Crippen molar-refractivity contribution < 1.29 is 14.0 Å². The van der Waals surface area contributed by atoms with Crippen molar-refractivity contribution in [2.45, 2.75) is 33.2 Å². The Bertz CT molecular complexity index is 947. The first-order valence-electron chi connectivity index (χ1n) is 10.9. The summed E-state index contributed by atoms with van der Waals surface area (Å²) in [4.78, 5) is 35.3. The van der Waals surface area contributed by atoms with Crippen molar-refractivity contribution in [1.29, 1.82) is 0 Å². The van der Waals surface area contributed by atoms with Gasteiger partial charge in [-0.1, -0.05) is 0 Å². The minimum atomic E-state index is -0.379. The first-order valence-corrected chi connectivity index (χ1v) is 11.8. The van der Waals surface area contributed by atoms with E-state index in [4.69, 9.17) is 0 Å². The number of piperidine rings is 1. The third-order valence-corrected chi connectivity index (χ3v) is 7.10. The van der Waals surface area contributed by atoms with E-state index < -0.39 is 0 Å². The van der Waals surface area contributed by atoms with Crippen molar-refractivity contribution >= 4 is 28.7 Å². The molecular weight excluding hydrogens is 415 g/mol. The van der Waals surface area contributed by atoms with Gasteiger partial charge >= 0.3 is 0 Å². The normalized spacial score (nSPS) is 18.4. The number of thiazole rings is 1. The summed E-state index contributed by atoms with van der Waals surface area (Å²) in [6.07, 6.45) is 1.76. The number of aromatic nitrogens is 1. The fourth-order valence-corrected chi connectivity index (χ4v) is 5.06. The predicted molar refractivity (Wildman–Crippen MR) is 120 cm³/mol. The van der Waals surface area contributed by atoms with E-state index in [1.807, 2.05) is 16.7 Å². The van der Waals surface area contributed by atoms with Crippen molar-refractivity contribution in [2.75, 3.05) is 44.2 Å². The summed E-state index contributed by atoms with van der Waals surface area (Å²) < 4.78 is 14.5. The number of benzene rings is 1. The lowest BCUT2D eigenvalue weighted by Crippen LogP contribution is -2.51. The minimum Gasteiger partial charge on any atom is -0.366 e. The number of halogens is 1. The number of ketones is 1. The van der Waals surface area contributed by atoms with Crippen LogP contribution in [-0.2, 0) is 11.3 Å². The molecule has 4 rings (SSSR count). The zero-order chi connectivity index (χ0) is 22.0. The van der Waals surface area contributed by atoms with Crippen LogP contribution in [0, 0.1) is 18.7 Å². The van der Waals surface area contributed by atoms with E-state index in [0.717, 1.165) is 43.2 Å². The molecule has 1 aromatic heterocycles. The van der Waals surface area contributed by atoms with Gasteiger partial charge in [-0.15, -0.1) is 11.3 Å². The SMILES string of the molecule is CC(=O)c1ccc(N2CCN(C(=O)C3CCN(Cc4csc(C)n4)CC3)CC2)c(F)c1. The summed E-state index contributed by atoms with van der Waals surface area (Å²) in [5.41, 5.74) is 2.00. The quantitative estimate of drug-likeness (QED) is 0.662. The lowest BCUT2D eigenvalue weighted by Gasteiger charge is -2.39. The van der Waals surface area contributed by atoms with Gasteiger partial charge in [0.15, 0.2) is 5.78 Å². The molecule has 2 aliphatic rings. The summed E-state index contributed by atoms with van der Waals surface area (Å²) in [5.74, 6) is -0.216. The fourth-order valence-electron chi connectivity index (χ4n) is 4.46. The molecule has 0 bridgehead atoms. The van der Waals surface area contributed by atoms with Crippen LogP contribution >= 0.6 is 11.3 Å². The van der Waals surface area contributed by atoms with Crippen molar-refractivity contribution in [3.8, 4) is 0 Å². The summed E-state index contributed by atoms with van der Waals surface area (Å²) in [6, 6.07) is 4.64. The molecule has 2 saturated heterocycles. The Morgan fingerprint density at radius 1 is 1.13 bits per heavy atom. The molecule has 31 heavy (non-hydrogen) atoms. The van der Waals surface area contributed by atoms with Gasteiger partial charge in [0.05, 0.1) is 16.4 Å². The third-order valence-electron chi connectivity index (χ3n) is 6.28. The molecule has 8 heteroatoms. The molecular formula is C23H29FN4O2S. The molecule has 0 aliphatic carbocycles. The molecule has 2 aliphatic heterocycles. The molecule has 3 heterocycles. The molecule has 0 saturated carbocycles. The Morgan fingerprint density at radius 3 is 2.42 bits per heavy atom. The van der Waals surface area contributed by atoms with E-state index in [2.05, 4.69) is 15.3 Å². The highest BCUT2D eigenvalue weighted by atomic mass is 32.1. The Kier molecular flexibility index (Phi) is 6.67. The molecule has 1 amide bonds. The van der Waals surface area contributed by atoms with E-state index in [-0.39, 0.29) is 23.4 Å². The molecule has 0 unspecified atom stereocenters. The molecule has 1 aromatic carbocycles. The molecule has 0 atom stereocenters. The van der Waals surface area contributed by atoms with Gasteiger partial charge in [0.1, 0.15) is 5.82 Å². The van der Waals surface area contributed by atoms with E-state index in [0.29, 0.717) is 37.4 Å². The first kappa shape index (κ1) is 21.9. The van der Waals surface area contributed by atoms with Crippen molar-refractivity contribution in [1.82, 2.24) is 14.8 Å². The number of nitrogens with zero attached hydrogens (tertiary/aromatic N) is 4. The number of likely N-dealkylation sites (tertiary alicyclic amines) is 1. The summed E-state index contributed by atoms with van der Waals surface area (Å²) in [5, 5.41) is 3.21. The Labute approximate surface area is 186 Å². The average molecular weight is 445 g/mol. The van der Waals surface area contributed by atoms with Crippen LogP contribution in [-0.4, -0.2) is 65.7 Å². The number of aryl methyl sites for hydroxylation is 1. The van der Waals surface area contributed by atoms with Crippen LogP contribution in [0.1, 0.15) is 40.8 Å². The largest absolute Gasteiger partial charge is 0.366 e. The number of piperazine rings is 1. The maximum Gasteiger partial charge on any atom is 0.225 e. The molecule has 0 radical (unpaired) electrons. The average Bonchev–Trinajstić information content (AvgIpc) is 3.18. The van der Waals surface area contributed by atoms with Gasteiger partial charge in [0.25, 0.3) is 0 Å². The molecule has 2 fully saturated rings. The lowest BCUT2D eigenvalue weighted by molar-refractivity contribution is -0.137. The second kappa shape index (κ2) is 9.44. The van der Waals surface area contributed by atoms with Crippen molar-refractivity contribution in [3.63, 3.8) is 0 Å². The highest BCUT2D eigenvalue weighted by Gasteiger charge is 2.31. The Morgan fingerprint density at radius 2 is 1.84 bits per heavy atom. The van der Waals surface area contributed by atoms with Gasteiger partial charge in [0, 0.05) is 49.6 Å². The fraction of sp³-hybridized carbons (Fsp3) is 0.522. The minimum absolute atomic E-state index is 0.0755. The first-order chi connectivity index (χ1) is 14.9. The van der Waals surface area contributed by atoms with E-state index >= 15 is 0 Å². The van der Waals surface area contributed by atoms with Crippen molar-refractivity contribution in [2.24, 2.45) is 5.92 Å². The summed E-state index contributed by atoms with van der Waals surface area (Å²) in [6.45, 7) is 8.56. The number of Topliss-reactive ketones (excluding diaryl/α,β-unsaturated/α-hetero) is 1. The van der Waals surface area contributed by atoms with E-state index in [1.54, 1.807) is 23.5 Å². The second-order valence-corrected chi connectivity index (χ2v) is 9.51. The van der Waals surface area contributed by atoms with Crippen molar-refractivity contribution in [3.05, 3.63) is 45.7 Å². The van der Waals surface area contributed by atoms with Crippen LogP contribution in [0.5, 0.6) is 0 Å². The zero-order valence-corrected chi connectivity index (χ0v) is 19.0. The lowest BCUT2D eigenvalue weighted by atomic mass is 9.95. The van der Waals surface area contributed by atoms with E-state index in [9.17, 15) is 14.0 Å². The van der Waals surface area contributed by atoms with Gasteiger partial charge < -0.3 is 9.80 Å². The van der Waals surface area contributed by atoms with Gasteiger partial charge in [0.2, 0.25) is 5.91 Å². The smallest absolute Gasteiger partial charge is 0.225 e. The number of hydrogen-bond acceptors (Lipinski definition) is 6. The number of anilines is 1. The van der Waals surface area contributed by atoms with E-state index in [1.165, 1.54) is 13.0 Å². The number of hydrogen-bond donors (Lipinski definition) is 0. The molecule has 0 spiro atoms. The van der Waals surface area contributed by atoms with Gasteiger partial charge in [-0.3, -0.25) is 14.5 Å². The second-order valence-electron chi connectivity index (χ2n) is 8.44. The predicted octanol–water partition coefficient (Wildman–Crippen LogP) is 3.35. The monoisotopic (exact) mass is 444 g/mol. The van der Waals surface area contributed by atoms with Crippen LogP contribution in [0.4, 0.5) is 10.1 Å². The Hall–Kier alpha value is -2.32. The van der Waals surface area contributed by atoms with Crippen LogP contribution < -0.4 is 4.90 Å². The topological polar surface area (TPSA) is 56.8 Å². The Balaban J connectivity index is 1.26. The summed E-state index contributed by atoms with van der Waals surface area (Å²) >= 11 is 1.68.